The van der Waals surface area contributed by atoms with Gasteiger partial charge in [-0.3, -0.25) is 24.1 Å². The van der Waals surface area contributed by atoms with Crippen molar-refractivity contribution >= 4 is 41.6 Å². The summed E-state index contributed by atoms with van der Waals surface area (Å²) in [6.07, 6.45) is 0. The summed E-state index contributed by atoms with van der Waals surface area (Å²) >= 11 is 6.26. The molecule has 0 unspecified atom stereocenters. The van der Waals surface area contributed by atoms with E-state index in [2.05, 4.69) is 5.10 Å². The molecular formula is C24H27Cl2N5O3. The van der Waals surface area contributed by atoms with Crippen molar-refractivity contribution in [3.05, 3.63) is 76.4 Å². The number of primary amides is 1. The van der Waals surface area contributed by atoms with Crippen molar-refractivity contribution in [2.24, 2.45) is 5.73 Å². The van der Waals surface area contributed by atoms with Gasteiger partial charge in [0.15, 0.2) is 5.82 Å². The fraction of sp³-hybridized carbons (Fsp3) is 0.292. The lowest BCUT2D eigenvalue weighted by Crippen LogP contribution is -2.52. The molecule has 1 saturated heterocycles. The van der Waals surface area contributed by atoms with Crippen LogP contribution in [0, 0.1) is 6.92 Å². The molecule has 0 spiro atoms. The summed E-state index contributed by atoms with van der Waals surface area (Å²) < 4.78 is 7.90. The van der Waals surface area contributed by atoms with Crippen LogP contribution in [0.1, 0.15) is 16.8 Å². The molecule has 1 aliphatic rings. The van der Waals surface area contributed by atoms with E-state index in [1.807, 2.05) is 60.1 Å². The van der Waals surface area contributed by atoms with Gasteiger partial charge in [-0.2, -0.15) is 5.10 Å². The minimum Gasteiger partial charge on any atom is -0.489 e. The topological polar surface area (TPSA) is 93.7 Å². The number of benzene rings is 2. The predicted molar refractivity (Wildman–Crippen MR) is 134 cm³/mol. The van der Waals surface area contributed by atoms with Gasteiger partial charge in [-0.15, -0.1) is 12.4 Å². The molecule has 1 aromatic heterocycles. The number of hydrogen-bond acceptors (Lipinski definition) is 5. The summed E-state index contributed by atoms with van der Waals surface area (Å²) in [5.41, 5.74) is 8.13. The zero-order valence-corrected chi connectivity index (χ0v) is 20.4. The Hall–Kier alpha value is -3.07. The van der Waals surface area contributed by atoms with Gasteiger partial charge in [-0.1, -0.05) is 41.9 Å². The number of nitrogens with two attached hydrogens (primary N) is 1. The van der Waals surface area contributed by atoms with Crippen molar-refractivity contribution in [1.82, 2.24) is 14.7 Å². The molecule has 2 amide bonds. The first-order valence-electron chi connectivity index (χ1n) is 10.7. The van der Waals surface area contributed by atoms with E-state index in [1.54, 1.807) is 15.9 Å². The van der Waals surface area contributed by atoms with Gasteiger partial charge < -0.3 is 10.5 Å². The fourth-order valence-electron chi connectivity index (χ4n) is 3.81. The van der Waals surface area contributed by atoms with Gasteiger partial charge in [0.1, 0.15) is 12.4 Å². The highest BCUT2D eigenvalue weighted by Gasteiger charge is 2.27. The van der Waals surface area contributed by atoms with Crippen LogP contribution in [-0.2, 0) is 22.7 Å². The second-order valence-electron chi connectivity index (χ2n) is 8.05. The largest absolute Gasteiger partial charge is 0.489 e. The second-order valence-corrected chi connectivity index (χ2v) is 8.49. The van der Waals surface area contributed by atoms with Crippen molar-refractivity contribution in [3.8, 4) is 5.75 Å². The lowest BCUT2D eigenvalue weighted by Gasteiger charge is -2.32. The predicted octanol–water partition coefficient (Wildman–Crippen LogP) is 3.03. The number of hydrogen-bond donors (Lipinski definition) is 1. The summed E-state index contributed by atoms with van der Waals surface area (Å²) in [6.45, 7) is 4.07. The van der Waals surface area contributed by atoms with Crippen LogP contribution in [0.2, 0.25) is 5.02 Å². The van der Waals surface area contributed by atoms with E-state index in [4.69, 9.17) is 22.1 Å². The van der Waals surface area contributed by atoms with E-state index in [-0.39, 0.29) is 31.4 Å². The summed E-state index contributed by atoms with van der Waals surface area (Å²) in [6, 6.07) is 17.4. The minimum absolute atomic E-state index is 0. The Balaban J connectivity index is 0.00000324. The van der Waals surface area contributed by atoms with E-state index in [0.29, 0.717) is 37.1 Å². The fourth-order valence-corrected chi connectivity index (χ4v) is 4.01. The number of aryl methyl sites for hydroxylation is 1. The molecule has 1 aliphatic heterocycles. The Bertz CT molecular complexity index is 1150. The van der Waals surface area contributed by atoms with Crippen molar-refractivity contribution in [1.29, 1.82) is 0 Å². The first kappa shape index (κ1) is 25.6. The van der Waals surface area contributed by atoms with Gasteiger partial charge in [-0.25, -0.2) is 0 Å². The molecule has 1 fully saturated rings. The summed E-state index contributed by atoms with van der Waals surface area (Å²) in [7, 11) is 0. The number of rotatable bonds is 8. The van der Waals surface area contributed by atoms with E-state index in [0.717, 1.165) is 22.6 Å². The standard InChI is InChI=1S/C24H26ClN5O3.ClH/c1-17-11-23(29-10-9-28(14-22(26)31)15-24(29)32)27-30(17)13-19-12-20(25)7-8-21(19)33-16-18-5-3-2-4-6-18;/h2-8,11-12H,9-10,13-16H2,1H3,(H2,26,31);1H. The van der Waals surface area contributed by atoms with Crippen molar-refractivity contribution in [2.45, 2.75) is 20.1 Å². The van der Waals surface area contributed by atoms with Crippen molar-refractivity contribution in [3.63, 3.8) is 0 Å². The molecule has 0 bridgehead atoms. The number of ether oxygens (including phenoxy) is 1. The molecule has 180 valence electrons. The monoisotopic (exact) mass is 503 g/mol. The van der Waals surface area contributed by atoms with Crippen LogP contribution in [-0.4, -0.2) is 52.7 Å². The Labute approximate surface area is 209 Å². The molecule has 2 heterocycles. The van der Waals surface area contributed by atoms with E-state index in [1.165, 1.54) is 0 Å². The molecule has 3 aromatic rings. The lowest BCUT2D eigenvalue weighted by molar-refractivity contribution is -0.123. The first-order chi connectivity index (χ1) is 15.9. The Morgan fingerprint density at radius 3 is 2.62 bits per heavy atom. The van der Waals surface area contributed by atoms with Gasteiger partial charge in [0.25, 0.3) is 0 Å². The van der Waals surface area contributed by atoms with Gasteiger partial charge in [0.05, 0.1) is 19.6 Å². The van der Waals surface area contributed by atoms with Crippen LogP contribution >= 0.6 is 24.0 Å². The average Bonchev–Trinajstić information content (AvgIpc) is 3.13. The lowest BCUT2D eigenvalue weighted by atomic mass is 10.2. The SMILES string of the molecule is Cc1cc(N2CCN(CC(N)=O)CC2=O)nn1Cc1cc(Cl)ccc1OCc1ccccc1.Cl. The first-order valence-corrected chi connectivity index (χ1v) is 11.1. The third-order valence-electron chi connectivity index (χ3n) is 5.50. The van der Waals surface area contributed by atoms with Crippen LogP contribution in [0.3, 0.4) is 0 Å². The highest BCUT2D eigenvalue weighted by molar-refractivity contribution is 6.30. The maximum absolute atomic E-state index is 12.6. The van der Waals surface area contributed by atoms with Crippen LogP contribution in [0.4, 0.5) is 5.82 Å². The number of aromatic nitrogens is 2. The number of halogens is 2. The molecule has 34 heavy (non-hydrogen) atoms. The molecule has 0 radical (unpaired) electrons. The van der Waals surface area contributed by atoms with Gasteiger partial charge in [0.2, 0.25) is 11.8 Å². The normalized spacial score (nSPS) is 14.1. The van der Waals surface area contributed by atoms with Crippen LogP contribution in [0.5, 0.6) is 5.75 Å². The number of carbonyl (C=O) groups is 2. The number of anilines is 1. The molecule has 2 N–H and O–H groups in total. The number of nitrogens with zero attached hydrogens (tertiary/aromatic N) is 4. The molecule has 4 rings (SSSR count). The minimum atomic E-state index is -0.441. The Morgan fingerprint density at radius 1 is 1.15 bits per heavy atom. The molecule has 0 saturated carbocycles. The molecule has 0 aliphatic carbocycles. The maximum Gasteiger partial charge on any atom is 0.242 e. The summed E-state index contributed by atoms with van der Waals surface area (Å²) in [5.74, 6) is 0.769. The molecule has 8 nitrogen and oxygen atoms in total. The number of amides is 2. The zero-order valence-electron chi connectivity index (χ0n) is 18.8. The number of piperazine rings is 1. The Kier molecular flexibility index (Phi) is 8.55. The molecular weight excluding hydrogens is 477 g/mol. The molecule has 2 aromatic carbocycles. The quantitative estimate of drug-likeness (QED) is 0.509. The highest BCUT2D eigenvalue weighted by Crippen LogP contribution is 2.26. The van der Waals surface area contributed by atoms with Gasteiger partial charge in [-0.05, 0) is 30.7 Å². The second kappa shape index (κ2) is 11.4. The summed E-state index contributed by atoms with van der Waals surface area (Å²) in [4.78, 5) is 27.2. The van der Waals surface area contributed by atoms with E-state index < -0.39 is 5.91 Å². The summed E-state index contributed by atoms with van der Waals surface area (Å²) in [5, 5.41) is 5.28. The maximum atomic E-state index is 12.6. The number of carbonyl (C=O) groups excluding carboxylic acids is 2. The van der Waals surface area contributed by atoms with Crippen LogP contribution in [0.25, 0.3) is 0 Å². The third kappa shape index (κ3) is 6.28. The smallest absolute Gasteiger partial charge is 0.242 e. The van der Waals surface area contributed by atoms with Gasteiger partial charge >= 0.3 is 0 Å². The van der Waals surface area contributed by atoms with E-state index in [9.17, 15) is 9.59 Å². The van der Waals surface area contributed by atoms with Crippen molar-refractivity contribution in [2.75, 3.05) is 31.1 Å². The van der Waals surface area contributed by atoms with Gasteiger partial charge in [0, 0.05) is 35.4 Å². The average molecular weight is 504 g/mol. The van der Waals surface area contributed by atoms with Crippen molar-refractivity contribution < 1.29 is 14.3 Å². The third-order valence-corrected chi connectivity index (χ3v) is 5.74. The van der Waals surface area contributed by atoms with Crippen LogP contribution < -0.4 is 15.4 Å². The highest BCUT2D eigenvalue weighted by atomic mass is 35.5. The van der Waals surface area contributed by atoms with Crippen LogP contribution in [0.15, 0.2) is 54.6 Å². The van der Waals surface area contributed by atoms with E-state index >= 15 is 0 Å². The zero-order chi connectivity index (χ0) is 23.4. The molecule has 10 heteroatoms. The molecule has 0 atom stereocenters. The Morgan fingerprint density at radius 2 is 1.91 bits per heavy atom.